The number of rotatable bonds is 5. The first kappa shape index (κ1) is 17.2. The Balaban J connectivity index is 1.81. The van der Waals surface area contributed by atoms with Crippen LogP contribution in [-0.2, 0) is 0 Å². The second kappa shape index (κ2) is 8.44. The first-order valence-electron chi connectivity index (χ1n) is 7.89. The Bertz CT molecular complexity index is 461. The fourth-order valence-electron chi connectivity index (χ4n) is 2.93. The fraction of sp³-hybridized carbons (Fsp3) is 0.588. The molecule has 0 aliphatic carbocycles. The van der Waals surface area contributed by atoms with E-state index in [9.17, 15) is 9.90 Å². The van der Waals surface area contributed by atoms with Crippen molar-refractivity contribution in [3.05, 3.63) is 35.9 Å². The number of likely N-dealkylation sites (tertiary alicyclic amines) is 1. The molecule has 22 heavy (non-hydrogen) atoms. The van der Waals surface area contributed by atoms with Gasteiger partial charge in [0.2, 0.25) is 0 Å². The SMILES string of the molecule is CSCC(C)NC(=O)N1CCC(C(O)c2ccccc2)CC1. The monoisotopic (exact) mass is 322 g/mol. The molecule has 1 aromatic rings. The Morgan fingerprint density at radius 2 is 2.00 bits per heavy atom. The maximum atomic E-state index is 12.2. The average molecular weight is 322 g/mol. The number of hydrogen-bond acceptors (Lipinski definition) is 3. The zero-order valence-corrected chi connectivity index (χ0v) is 14.2. The van der Waals surface area contributed by atoms with E-state index >= 15 is 0 Å². The number of nitrogens with one attached hydrogen (secondary N) is 1. The third-order valence-corrected chi connectivity index (χ3v) is 5.03. The lowest BCUT2D eigenvalue weighted by Crippen LogP contribution is -2.48. The van der Waals surface area contributed by atoms with Gasteiger partial charge in [-0.15, -0.1) is 0 Å². The van der Waals surface area contributed by atoms with Gasteiger partial charge in [-0.3, -0.25) is 0 Å². The summed E-state index contributed by atoms with van der Waals surface area (Å²) in [6.45, 7) is 3.46. The molecule has 1 saturated heterocycles. The maximum Gasteiger partial charge on any atom is 0.317 e. The van der Waals surface area contributed by atoms with Gasteiger partial charge in [0.1, 0.15) is 0 Å². The fourth-order valence-corrected chi connectivity index (χ4v) is 3.52. The molecule has 2 unspecified atom stereocenters. The molecule has 1 aliphatic rings. The summed E-state index contributed by atoms with van der Waals surface area (Å²) in [5.74, 6) is 1.16. The van der Waals surface area contributed by atoms with Crippen LogP contribution in [0.15, 0.2) is 30.3 Å². The molecule has 0 aromatic heterocycles. The number of piperidine rings is 1. The van der Waals surface area contributed by atoms with Crippen LogP contribution in [0.2, 0.25) is 0 Å². The minimum Gasteiger partial charge on any atom is -0.388 e. The molecule has 5 heteroatoms. The number of aliphatic hydroxyl groups is 1. The Morgan fingerprint density at radius 1 is 1.36 bits per heavy atom. The molecule has 1 heterocycles. The van der Waals surface area contributed by atoms with Crippen LogP contribution in [0, 0.1) is 5.92 Å². The highest BCUT2D eigenvalue weighted by atomic mass is 32.2. The van der Waals surface area contributed by atoms with Crippen molar-refractivity contribution in [1.82, 2.24) is 10.2 Å². The minimum absolute atomic E-state index is 0.0224. The first-order chi connectivity index (χ1) is 10.6. The van der Waals surface area contributed by atoms with Crippen LogP contribution in [0.5, 0.6) is 0 Å². The van der Waals surface area contributed by atoms with Crippen molar-refractivity contribution in [2.45, 2.75) is 31.9 Å². The Kier molecular flexibility index (Phi) is 6.58. The van der Waals surface area contributed by atoms with Crippen LogP contribution in [0.25, 0.3) is 0 Å². The molecule has 2 N–H and O–H groups in total. The van der Waals surface area contributed by atoms with Crippen molar-refractivity contribution in [1.29, 1.82) is 0 Å². The van der Waals surface area contributed by atoms with E-state index in [0.717, 1.165) is 24.2 Å². The highest BCUT2D eigenvalue weighted by molar-refractivity contribution is 7.98. The van der Waals surface area contributed by atoms with Crippen LogP contribution in [0.1, 0.15) is 31.4 Å². The third-order valence-electron chi connectivity index (χ3n) is 4.20. The standard InChI is InChI=1S/C17H26N2O2S/c1-13(12-22-2)18-17(21)19-10-8-15(9-11-19)16(20)14-6-4-3-5-7-14/h3-7,13,15-16,20H,8-12H2,1-2H3,(H,18,21). The average Bonchev–Trinajstić information content (AvgIpc) is 2.55. The summed E-state index contributed by atoms with van der Waals surface area (Å²) in [6.07, 6.45) is 3.31. The van der Waals surface area contributed by atoms with Crippen LogP contribution in [-0.4, -0.2) is 47.2 Å². The highest BCUT2D eigenvalue weighted by Gasteiger charge is 2.28. The van der Waals surface area contributed by atoms with E-state index in [1.54, 1.807) is 11.8 Å². The van der Waals surface area contributed by atoms with Crippen LogP contribution in [0.4, 0.5) is 4.79 Å². The number of benzene rings is 1. The second-order valence-electron chi connectivity index (χ2n) is 5.99. The summed E-state index contributed by atoms with van der Waals surface area (Å²) in [4.78, 5) is 14.0. The number of carbonyl (C=O) groups is 1. The molecule has 1 aliphatic heterocycles. The number of carbonyl (C=O) groups excluding carboxylic acids is 1. The van der Waals surface area contributed by atoms with E-state index in [2.05, 4.69) is 5.32 Å². The van der Waals surface area contributed by atoms with Crippen molar-refractivity contribution in [3.8, 4) is 0 Å². The van der Waals surface area contributed by atoms with Crippen LogP contribution < -0.4 is 5.32 Å². The third kappa shape index (κ3) is 4.65. The van der Waals surface area contributed by atoms with Gasteiger partial charge in [0.25, 0.3) is 0 Å². The summed E-state index contributed by atoms with van der Waals surface area (Å²) >= 11 is 1.73. The number of thioether (sulfide) groups is 1. The van der Waals surface area contributed by atoms with E-state index in [1.807, 2.05) is 48.4 Å². The minimum atomic E-state index is -0.429. The molecule has 122 valence electrons. The smallest absolute Gasteiger partial charge is 0.317 e. The second-order valence-corrected chi connectivity index (χ2v) is 6.90. The number of hydrogen-bond donors (Lipinski definition) is 2. The van der Waals surface area contributed by atoms with Crippen LogP contribution in [0.3, 0.4) is 0 Å². The summed E-state index contributed by atoms with van der Waals surface area (Å²) < 4.78 is 0. The molecule has 1 fully saturated rings. The van der Waals surface area contributed by atoms with Gasteiger partial charge in [-0.05, 0) is 37.5 Å². The van der Waals surface area contributed by atoms with E-state index < -0.39 is 6.10 Å². The van der Waals surface area contributed by atoms with Gasteiger partial charge in [0, 0.05) is 24.9 Å². The van der Waals surface area contributed by atoms with Gasteiger partial charge in [-0.25, -0.2) is 4.79 Å². The molecule has 1 aromatic carbocycles. The Hall–Kier alpha value is -1.20. The zero-order valence-electron chi connectivity index (χ0n) is 13.4. The molecule has 0 radical (unpaired) electrons. The van der Waals surface area contributed by atoms with Gasteiger partial charge < -0.3 is 15.3 Å². The highest BCUT2D eigenvalue weighted by Crippen LogP contribution is 2.30. The van der Waals surface area contributed by atoms with Gasteiger partial charge in [0.15, 0.2) is 0 Å². The zero-order chi connectivity index (χ0) is 15.9. The number of urea groups is 1. The summed E-state index contributed by atoms with van der Waals surface area (Å²) in [5, 5.41) is 13.5. The quantitative estimate of drug-likeness (QED) is 0.876. The van der Waals surface area contributed by atoms with Gasteiger partial charge in [0.05, 0.1) is 6.10 Å². The number of amides is 2. The van der Waals surface area contributed by atoms with E-state index in [-0.39, 0.29) is 18.0 Å². The largest absolute Gasteiger partial charge is 0.388 e. The lowest BCUT2D eigenvalue weighted by Gasteiger charge is -2.35. The van der Waals surface area contributed by atoms with Crippen molar-refractivity contribution in [2.75, 3.05) is 25.1 Å². The lowest BCUT2D eigenvalue weighted by molar-refractivity contribution is 0.0663. The molecule has 0 bridgehead atoms. The van der Waals surface area contributed by atoms with Crippen molar-refractivity contribution < 1.29 is 9.90 Å². The van der Waals surface area contributed by atoms with E-state index in [1.165, 1.54) is 0 Å². The van der Waals surface area contributed by atoms with Crippen molar-refractivity contribution in [2.24, 2.45) is 5.92 Å². The first-order valence-corrected chi connectivity index (χ1v) is 9.28. The summed E-state index contributed by atoms with van der Waals surface area (Å²) in [7, 11) is 0. The van der Waals surface area contributed by atoms with Crippen molar-refractivity contribution >= 4 is 17.8 Å². The predicted octanol–water partition coefficient (Wildman–Crippen LogP) is 2.89. The predicted molar refractivity (Wildman–Crippen MR) is 92.1 cm³/mol. The molecular formula is C17H26N2O2S. The van der Waals surface area contributed by atoms with Gasteiger partial charge >= 0.3 is 6.03 Å². The molecule has 0 spiro atoms. The topological polar surface area (TPSA) is 52.6 Å². The van der Waals surface area contributed by atoms with Gasteiger partial charge in [-0.1, -0.05) is 30.3 Å². The number of nitrogens with zero attached hydrogens (tertiary/aromatic N) is 1. The van der Waals surface area contributed by atoms with Crippen molar-refractivity contribution in [3.63, 3.8) is 0 Å². The van der Waals surface area contributed by atoms with E-state index in [0.29, 0.717) is 13.1 Å². The normalized spacial score (nSPS) is 18.8. The van der Waals surface area contributed by atoms with Gasteiger partial charge in [-0.2, -0.15) is 11.8 Å². The van der Waals surface area contributed by atoms with Crippen LogP contribution >= 0.6 is 11.8 Å². The number of aliphatic hydroxyl groups excluding tert-OH is 1. The maximum absolute atomic E-state index is 12.2. The summed E-state index contributed by atoms with van der Waals surface area (Å²) in [5.41, 5.74) is 0.971. The molecular weight excluding hydrogens is 296 g/mol. The molecule has 2 rings (SSSR count). The summed E-state index contributed by atoms with van der Waals surface area (Å²) in [6, 6.07) is 10.0. The Morgan fingerprint density at radius 3 is 2.59 bits per heavy atom. The van der Waals surface area contributed by atoms with E-state index in [4.69, 9.17) is 0 Å². The Labute approximate surface area is 137 Å². The molecule has 4 nitrogen and oxygen atoms in total. The molecule has 2 amide bonds. The lowest BCUT2D eigenvalue weighted by atomic mass is 9.87. The molecule has 0 saturated carbocycles. The molecule has 2 atom stereocenters.